The molecule has 2 N–H and O–H groups in total. The van der Waals surface area contributed by atoms with E-state index in [0.29, 0.717) is 17.3 Å². The van der Waals surface area contributed by atoms with Gasteiger partial charge in [-0.1, -0.05) is 39.0 Å². The second kappa shape index (κ2) is 9.50. The van der Waals surface area contributed by atoms with E-state index in [1.165, 1.54) is 37.0 Å². The van der Waals surface area contributed by atoms with Gasteiger partial charge in [0.1, 0.15) is 4.21 Å². The summed E-state index contributed by atoms with van der Waals surface area (Å²) in [6, 6.07) is 3.54. The fourth-order valence-corrected chi connectivity index (χ4v) is 4.44. The number of unbranched alkanes of at least 4 members (excludes halogenated alkanes) is 5. The summed E-state index contributed by atoms with van der Waals surface area (Å²) in [5.74, 6) is 0. The summed E-state index contributed by atoms with van der Waals surface area (Å²) in [5.41, 5.74) is 0. The minimum absolute atomic E-state index is 0.411. The van der Waals surface area contributed by atoms with Crippen molar-refractivity contribution in [3.63, 3.8) is 0 Å². The number of rotatable bonds is 11. The van der Waals surface area contributed by atoms with Gasteiger partial charge in [0.25, 0.3) is 0 Å². The Hall–Kier alpha value is -0.430. The van der Waals surface area contributed by atoms with Crippen molar-refractivity contribution >= 4 is 21.4 Å². The predicted molar refractivity (Wildman–Crippen MR) is 85.6 cm³/mol. The minimum atomic E-state index is -3.31. The summed E-state index contributed by atoms with van der Waals surface area (Å²) in [4.78, 5) is 1.03. The molecule has 0 unspecified atom stereocenters. The Bertz CT molecular complexity index is 469. The van der Waals surface area contributed by atoms with Gasteiger partial charge in [0.05, 0.1) is 0 Å². The van der Waals surface area contributed by atoms with Crippen LogP contribution in [-0.2, 0) is 16.6 Å². The molecule has 0 aromatic carbocycles. The molecule has 0 radical (unpaired) electrons. The third-order valence-corrected chi connectivity index (χ3v) is 6.11. The molecular weight excluding hydrogens is 292 g/mol. The zero-order valence-corrected chi connectivity index (χ0v) is 14.1. The molecule has 0 saturated carbocycles. The van der Waals surface area contributed by atoms with Crippen LogP contribution in [0.4, 0.5) is 0 Å². The van der Waals surface area contributed by atoms with Gasteiger partial charge in [-0.05, 0) is 25.6 Å². The zero-order chi connectivity index (χ0) is 14.8. The first-order valence-corrected chi connectivity index (χ1v) is 9.63. The molecule has 116 valence electrons. The molecule has 1 aromatic rings. The van der Waals surface area contributed by atoms with Crippen LogP contribution in [0.3, 0.4) is 0 Å². The lowest BCUT2D eigenvalue weighted by molar-refractivity contribution is 0.569. The molecule has 1 heterocycles. The predicted octanol–water partition coefficient (Wildman–Crippen LogP) is 3.11. The molecule has 0 bridgehead atoms. The fourth-order valence-electron chi connectivity index (χ4n) is 1.95. The number of sulfonamides is 1. The summed E-state index contributed by atoms with van der Waals surface area (Å²) in [5, 5.41) is 3.02. The first kappa shape index (κ1) is 17.6. The van der Waals surface area contributed by atoms with Crippen LogP contribution in [0.5, 0.6) is 0 Å². The summed E-state index contributed by atoms with van der Waals surface area (Å²) >= 11 is 1.33. The van der Waals surface area contributed by atoms with Gasteiger partial charge in [-0.3, -0.25) is 0 Å². The van der Waals surface area contributed by atoms with E-state index in [1.807, 2.05) is 13.1 Å². The molecular formula is C14H26N2O2S2. The third kappa shape index (κ3) is 6.35. The second-order valence-electron chi connectivity index (χ2n) is 4.92. The normalized spacial score (nSPS) is 11.9. The Morgan fingerprint density at radius 3 is 2.50 bits per heavy atom. The molecule has 6 heteroatoms. The second-order valence-corrected chi connectivity index (χ2v) is 8.08. The number of thiophene rings is 1. The van der Waals surface area contributed by atoms with Crippen molar-refractivity contribution in [3.05, 3.63) is 17.0 Å². The lowest BCUT2D eigenvalue weighted by Gasteiger charge is -2.04. The molecule has 0 aliphatic heterocycles. The van der Waals surface area contributed by atoms with Crippen molar-refractivity contribution in [2.75, 3.05) is 13.6 Å². The topological polar surface area (TPSA) is 58.2 Å². The Balaban J connectivity index is 2.30. The van der Waals surface area contributed by atoms with Crippen LogP contribution in [0.15, 0.2) is 16.3 Å². The van der Waals surface area contributed by atoms with E-state index in [-0.39, 0.29) is 0 Å². The molecule has 4 nitrogen and oxygen atoms in total. The summed E-state index contributed by atoms with van der Waals surface area (Å²) < 4.78 is 27.2. The molecule has 0 atom stereocenters. The van der Waals surface area contributed by atoms with Gasteiger partial charge in [-0.15, -0.1) is 11.3 Å². The standard InChI is InChI=1S/C14H26N2O2S2/c1-3-4-5-6-7-8-11-16-20(17,18)14-10-9-13(19-14)12-15-2/h9-10,15-16H,3-8,11-12H2,1-2H3. The van der Waals surface area contributed by atoms with Crippen molar-refractivity contribution in [1.29, 1.82) is 0 Å². The van der Waals surface area contributed by atoms with Crippen molar-refractivity contribution < 1.29 is 8.42 Å². The minimum Gasteiger partial charge on any atom is -0.315 e. The molecule has 0 aliphatic carbocycles. The lowest BCUT2D eigenvalue weighted by atomic mass is 10.1. The molecule has 0 saturated heterocycles. The number of hydrogen-bond acceptors (Lipinski definition) is 4. The average molecular weight is 319 g/mol. The van der Waals surface area contributed by atoms with Crippen LogP contribution in [0, 0.1) is 0 Å². The Labute approximate surface area is 127 Å². The van der Waals surface area contributed by atoms with Crippen LogP contribution in [-0.4, -0.2) is 22.0 Å². The number of nitrogens with one attached hydrogen (secondary N) is 2. The maximum absolute atomic E-state index is 12.1. The molecule has 0 spiro atoms. The first-order valence-electron chi connectivity index (χ1n) is 7.33. The zero-order valence-electron chi connectivity index (χ0n) is 12.4. The van der Waals surface area contributed by atoms with Gasteiger partial charge < -0.3 is 5.32 Å². The molecule has 0 aliphatic rings. The number of hydrogen-bond donors (Lipinski definition) is 2. The van der Waals surface area contributed by atoms with E-state index >= 15 is 0 Å². The van der Waals surface area contributed by atoms with Gasteiger partial charge in [0.15, 0.2) is 0 Å². The van der Waals surface area contributed by atoms with E-state index in [4.69, 9.17) is 0 Å². The summed E-state index contributed by atoms with van der Waals surface area (Å²) in [6.45, 7) is 3.43. The first-order chi connectivity index (χ1) is 9.60. The largest absolute Gasteiger partial charge is 0.315 e. The third-order valence-electron chi connectivity index (χ3n) is 3.08. The van der Waals surface area contributed by atoms with Crippen LogP contribution in [0.1, 0.15) is 50.3 Å². The Kier molecular flexibility index (Phi) is 8.37. The molecule has 1 rings (SSSR count). The highest BCUT2D eigenvalue weighted by Gasteiger charge is 2.15. The molecule has 0 fully saturated rings. The molecule has 20 heavy (non-hydrogen) atoms. The van der Waals surface area contributed by atoms with Crippen LogP contribution >= 0.6 is 11.3 Å². The van der Waals surface area contributed by atoms with Crippen molar-refractivity contribution in [2.24, 2.45) is 0 Å². The summed E-state index contributed by atoms with van der Waals surface area (Å²) in [6.07, 6.45) is 6.97. The smallest absolute Gasteiger partial charge is 0.250 e. The van der Waals surface area contributed by atoms with Crippen molar-refractivity contribution in [3.8, 4) is 0 Å². The lowest BCUT2D eigenvalue weighted by Crippen LogP contribution is -2.23. The molecule has 1 aromatic heterocycles. The van der Waals surface area contributed by atoms with E-state index in [0.717, 1.165) is 17.7 Å². The molecule has 0 amide bonds. The maximum atomic E-state index is 12.1. The van der Waals surface area contributed by atoms with Crippen LogP contribution in [0.2, 0.25) is 0 Å². The van der Waals surface area contributed by atoms with Gasteiger partial charge in [0, 0.05) is 18.0 Å². The Morgan fingerprint density at radius 1 is 1.10 bits per heavy atom. The van der Waals surface area contributed by atoms with Crippen LogP contribution < -0.4 is 10.0 Å². The highest BCUT2D eigenvalue weighted by atomic mass is 32.2. The fraction of sp³-hybridized carbons (Fsp3) is 0.714. The van der Waals surface area contributed by atoms with E-state index < -0.39 is 10.0 Å². The maximum Gasteiger partial charge on any atom is 0.250 e. The highest BCUT2D eigenvalue weighted by molar-refractivity contribution is 7.91. The average Bonchev–Trinajstić information content (AvgIpc) is 2.88. The Morgan fingerprint density at radius 2 is 1.80 bits per heavy atom. The van der Waals surface area contributed by atoms with E-state index in [2.05, 4.69) is 17.0 Å². The van der Waals surface area contributed by atoms with Crippen molar-refractivity contribution in [1.82, 2.24) is 10.0 Å². The van der Waals surface area contributed by atoms with Crippen molar-refractivity contribution in [2.45, 2.75) is 56.2 Å². The summed E-state index contributed by atoms with van der Waals surface area (Å²) in [7, 11) is -1.46. The van der Waals surface area contributed by atoms with Gasteiger partial charge in [-0.2, -0.15) is 0 Å². The van der Waals surface area contributed by atoms with E-state index in [9.17, 15) is 8.42 Å². The quantitative estimate of drug-likeness (QED) is 0.616. The van der Waals surface area contributed by atoms with E-state index in [1.54, 1.807) is 6.07 Å². The van der Waals surface area contributed by atoms with Gasteiger partial charge in [0.2, 0.25) is 10.0 Å². The monoisotopic (exact) mass is 318 g/mol. The van der Waals surface area contributed by atoms with Gasteiger partial charge in [-0.25, -0.2) is 13.1 Å². The van der Waals surface area contributed by atoms with Gasteiger partial charge >= 0.3 is 0 Å². The highest BCUT2D eigenvalue weighted by Crippen LogP contribution is 2.21. The van der Waals surface area contributed by atoms with Crippen LogP contribution in [0.25, 0.3) is 0 Å². The SMILES string of the molecule is CCCCCCCCNS(=O)(=O)c1ccc(CNC)s1.